The molecule has 1 N–H and O–H groups in total. The van der Waals surface area contributed by atoms with Crippen molar-refractivity contribution in [1.29, 1.82) is 0 Å². The van der Waals surface area contributed by atoms with Crippen LogP contribution in [0.25, 0.3) is 0 Å². The summed E-state index contributed by atoms with van der Waals surface area (Å²) in [6.45, 7) is 0. The lowest BCUT2D eigenvalue weighted by Gasteiger charge is -2.29. The third-order valence-electron chi connectivity index (χ3n) is 4.85. The van der Waals surface area contributed by atoms with E-state index in [4.69, 9.17) is 4.52 Å². The van der Waals surface area contributed by atoms with Crippen molar-refractivity contribution in [2.24, 2.45) is 0 Å². The molecule has 4 heteroatoms. The molecular formula is C19H22NO2P. The van der Waals surface area contributed by atoms with E-state index in [1.54, 1.807) is 0 Å². The van der Waals surface area contributed by atoms with E-state index >= 15 is 0 Å². The second kappa shape index (κ2) is 6.14. The molecule has 2 aromatic carbocycles. The highest BCUT2D eigenvalue weighted by Crippen LogP contribution is 2.65. The van der Waals surface area contributed by atoms with E-state index in [9.17, 15) is 4.57 Å². The first-order chi connectivity index (χ1) is 11.3. The maximum Gasteiger partial charge on any atom is 0.260 e. The number of rotatable bonds is 3. The quantitative estimate of drug-likeness (QED) is 0.801. The van der Waals surface area contributed by atoms with Gasteiger partial charge in [0, 0.05) is 5.69 Å². The minimum Gasteiger partial charge on any atom is -0.369 e. The van der Waals surface area contributed by atoms with Crippen LogP contribution in [0, 0.1) is 0 Å². The Morgan fingerprint density at radius 2 is 1.61 bits per heavy atom. The molecule has 0 amide bonds. The van der Waals surface area contributed by atoms with Crippen molar-refractivity contribution in [3.05, 3.63) is 60.2 Å². The summed E-state index contributed by atoms with van der Waals surface area (Å²) in [7, 11) is -2.97. The summed E-state index contributed by atoms with van der Waals surface area (Å²) in [5.41, 5.74) is 1.98. The third kappa shape index (κ3) is 2.73. The Morgan fingerprint density at radius 1 is 0.913 bits per heavy atom. The first kappa shape index (κ1) is 15.0. The average Bonchev–Trinajstić information content (AvgIpc) is 2.90. The standard InChI is InChI=1S/C19H22NO2P/c21-23(22-16-11-5-2-6-12-16)18-14-8-7-13-17(18)20-19(23)15-9-3-1-4-10-15/h1,3-4,7-10,13-14,16,19-20H,2,5-6,11-12H2. The lowest BCUT2D eigenvalue weighted by atomic mass is 9.98. The van der Waals surface area contributed by atoms with E-state index in [-0.39, 0.29) is 11.9 Å². The molecular weight excluding hydrogens is 305 g/mol. The fraction of sp³-hybridized carbons (Fsp3) is 0.368. The van der Waals surface area contributed by atoms with Crippen LogP contribution in [0.2, 0.25) is 0 Å². The molecule has 1 saturated carbocycles. The van der Waals surface area contributed by atoms with Gasteiger partial charge in [-0.2, -0.15) is 0 Å². The molecule has 3 nitrogen and oxygen atoms in total. The fourth-order valence-corrected chi connectivity index (χ4v) is 6.47. The van der Waals surface area contributed by atoms with Crippen molar-refractivity contribution in [2.75, 3.05) is 5.32 Å². The molecule has 4 rings (SSSR count). The minimum absolute atomic E-state index is 0.119. The minimum atomic E-state index is -2.97. The Hall–Kier alpha value is -1.57. The van der Waals surface area contributed by atoms with Crippen LogP contribution in [0.1, 0.15) is 43.5 Å². The Balaban J connectivity index is 1.73. The van der Waals surface area contributed by atoms with Crippen molar-refractivity contribution < 1.29 is 9.09 Å². The van der Waals surface area contributed by atoms with Gasteiger partial charge in [0.05, 0.1) is 11.4 Å². The zero-order chi connectivity index (χ0) is 15.7. The lowest BCUT2D eigenvalue weighted by Crippen LogP contribution is -2.20. The number of nitrogens with one attached hydrogen (secondary N) is 1. The topological polar surface area (TPSA) is 38.3 Å². The maximum atomic E-state index is 14.0. The predicted octanol–water partition coefficient (Wildman–Crippen LogP) is 5.06. The van der Waals surface area contributed by atoms with Gasteiger partial charge < -0.3 is 9.84 Å². The van der Waals surface area contributed by atoms with Gasteiger partial charge in [-0.05, 0) is 30.5 Å². The highest BCUT2D eigenvalue weighted by atomic mass is 31.2. The number of para-hydroxylation sites is 1. The molecule has 1 fully saturated rings. The summed E-state index contributed by atoms with van der Waals surface area (Å²) < 4.78 is 20.3. The van der Waals surface area contributed by atoms with E-state index in [0.29, 0.717) is 0 Å². The highest BCUT2D eigenvalue weighted by molar-refractivity contribution is 7.68. The number of benzene rings is 2. The van der Waals surface area contributed by atoms with E-state index in [1.165, 1.54) is 19.3 Å². The first-order valence-electron chi connectivity index (χ1n) is 8.46. The SMILES string of the molecule is O=P1(OC2CCCCC2)c2ccccc2NC1c1ccccc1. The van der Waals surface area contributed by atoms with Crippen molar-refractivity contribution in [3.63, 3.8) is 0 Å². The molecule has 0 radical (unpaired) electrons. The van der Waals surface area contributed by atoms with Gasteiger partial charge >= 0.3 is 0 Å². The number of fused-ring (bicyclic) bond motifs is 1. The molecule has 2 aromatic rings. The third-order valence-corrected chi connectivity index (χ3v) is 7.63. The number of anilines is 1. The molecule has 120 valence electrons. The van der Waals surface area contributed by atoms with Crippen LogP contribution in [-0.2, 0) is 9.09 Å². The summed E-state index contributed by atoms with van der Waals surface area (Å²) in [6, 6.07) is 17.9. The first-order valence-corrected chi connectivity index (χ1v) is 10.2. The zero-order valence-electron chi connectivity index (χ0n) is 13.2. The Labute approximate surface area is 137 Å². The van der Waals surface area contributed by atoms with E-state index < -0.39 is 7.37 Å². The van der Waals surface area contributed by atoms with Crippen LogP contribution in [-0.4, -0.2) is 6.10 Å². The van der Waals surface area contributed by atoms with Gasteiger partial charge in [0.25, 0.3) is 7.37 Å². The van der Waals surface area contributed by atoms with Gasteiger partial charge in [0.15, 0.2) is 0 Å². The van der Waals surface area contributed by atoms with Crippen LogP contribution in [0.5, 0.6) is 0 Å². The summed E-state index contributed by atoms with van der Waals surface area (Å²) in [5.74, 6) is -0.275. The average molecular weight is 327 g/mol. The van der Waals surface area contributed by atoms with E-state index in [2.05, 4.69) is 5.32 Å². The molecule has 0 aromatic heterocycles. The molecule has 1 aliphatic heterocycles. The summed E-state index contributed by atoms with van der Waals surface area (Å²) in [6.07, 6.45) is 5.78. The maximum absolute atomic E-state index is 14.0. The van der Waals surface area contributed by atoms with Gasteiger partial charge in [0.1, 0.15) is 5.78 Å². The van der Waals surface area contributed by atoms with Crippen molar-refractivity contribution >= 4 is 18.4 Å². The van der Waals surface area contributed by atoms with E-state index in [0.717, 1.165) is 29.4 Å². The normalized spacial score (nSPS) is 27.4. The highest BCUT2D eigenvalue weighted by Gasteiger charge is 2.46. The Bertz CT molecular complexity index is 725. The monoisotopic (exact) mass is 327 g/mol. The molecule has 2 atom stereocenters. The number of hydrogen-bond acceptors (Lipinski definition) is 3. The molecule has 2 unspecified atom stereocenters. The molecule has 2 aliphatic rings. The van der Waals surface area contributed by atoms with E-state index in [1.807, 2.05) is 54.6 Å². The molecule has 0 saturated heterocycles. The molecule has 1 aliphatic carbocycles. The van der Waals surface area contributed by atoms with Gasteiger partial charge in [-0.1, -0.05) is 61.7 Å². The van der Waals surface area contributed by atoms with Gasteiger partial charge in [-0.25, -0.2) is 0 Å². The zero-order valence-corrected chi connectivity index (χ0v) is 14.0. The summed E-state index contributed by atoms with van der Waals surface area (Å²) >= 11 is 0. The summed E-state index contributed by atoms with van der Waals surface area (Å²) in [4.78, 5) is 0. The largest absolute Gasteiger partial charge is 0.369 e. The van der Waals surface area contributed by atoms with Crippen molar-refractivity contribution in [2.45, 2.75) is 44.0 Å². The second-order valence-corrected chi connectivity index (χ2v) is 8.84. The van der Waals surface area contributed by atoms with Crippen LogP contribution in [0.15, 0.2) is 54.6 Å². The molecule has 0 bridgehead atoms. The smallest absolute Gasteiger partial charge is 0.260 e. The van der Waals surface area contributed by atoms with Crippen LogP contribution < -0.4 is 10.6 Å². The molecule has 23 heavy (non-hydrogen) atoms. The van der Waals surface area contributed by atoms with Crippen LogP contribution in [0.3, 0.4) is 0 Å². The van der Waals surface area contributed by atoms with Gasteiger partial charge in [0.2, 0.25) is 0 Å². The second-order valence-electron chi connectivity index (χ2n) is 6.44. The lowest BCUT2D eigenvalue weighted by molar-refractivity contribution is 0.159. The van der Waals surface area contributed by atoms with Crippen LogP contribution >= 0.6 is 7.37 Å². The van der Waals surface area contributed by atoms with Crippen LogP contribution in [0.4, 0.5) is 5.69 Å². The number of hydrogen-bond donors (Lipinski definition) is 1. The van der Waals surface area contributed by atoms with Gasteiger partial charge in [-0.3, -0.25) is 4.57 Å². The fourth-order valence-electron chi connectivity index (χ4n) is 3.66. The predicted molar refractivity (Wildman–Crippen MR) is 94.4 cm³/mol. The van der Waals surface area contributed by atoms with Gasteiger partial charge in [-0.15, -0.1) is 0 Å². The molecule has 0 spiro atoms. The Morgan fingerprint density at radius 3 is 2.39 bits per heavy atom. The van der Waals surface area contributed by atoms with Crippen molar-refractivity contribution in [1.82, 2.24) is 0 Å². The molecule has 1 heterocycles. The Kier molecular flexibility index (Phi) is 4.00. The van der Waals surface area contributed by atoms with Crippen molar-refractivity contribution in [3.8, 4) is 0 Å². The summed E-state index contributed by atoms with van der Waals surface area (Å²) in [5, 5.41) is 4.29.